The maximum atomic E-state index is 14.2. The quantitative estimate of drug-likeness (QED) is 0.455. The summed E-state index contributed by atoms with van der Waals surface area (Å²) in [6.07, 6.45) is 0.386. The fraction of sp³-hybridized carbons (Fsp3) is 0.500. The Labute approximate surface area is 211 Å². The van der Waals surface area contributed by atoms with E-state index < -0.39 is 28.9 Å². The minimum Gasteiger partial charge on any atom is -0.481 e. The predicted octanol–water partition coefficient (Wildman–Crippen LogP) is 5.40. The Morgan fingerprint density at radius 2 is 1.67 bits per heavy atom. The SMILES string of the molecule is CC(C)CN(CC(C)C)c1ccc(C2(C(=O)O)CCOCC2)cc1NC(=O)Cc1ccc(F)cc1F. The summed E-state index contributed by atoms with van der Waals surface area (Å²) in [6.45, 7) is 10.6. The first-order chi connectivity index (χ1) is 17.0. The normalized spacial score (nSPS) is 15.2. The van der Waals surface area contributed by atoms with Gasteiger partial charge in [-0.3, -0.25) is 9.59 Å². The average molecular weight is 503 g/mol. The van der Waals surface area contributed by atoms with Gasteiger partial charge in [0, 0.05) is 32.4 Å². The molecular formula is C28H36F2N2O4. The van der Waals surface area contributed by atoms with Gasteiger partial charge in [0.25, 0.3) is 0 Å². The summed E-state index contributed by atoms with van der Waals surface area (Å²) < 4.78 is 32.9. The summed E-state index contributed by atoms with van der Waals surface area (Å²) in [7, 11) is 0. The lowest BCUT2D eigenvalue weighted by molar-refractivity contribution is -0.147. The van der Waals surface area contributed by atoms with Crippen molar-refractivity contribution in [1.29, 1.82) is 0 Å². The van der Waals surface area contributed by atoms with Gasteiger partial charge in [-0.05, 0) is 54.0 Å². The number of nitrogens with one attached hydrogen (secondary N) is 1. The van der Waals surface area contributed by atoms with Gasteiger partial charge in [0.05, 0.1) is 23.2 Å². The van der Waals surface area contributed by atoms with E-state index in [1.54, 1.807) is 6.07 Å². The van der Waals surface area contributed by atoms with Gasteiger partial charge in [-0.1, -0.05) is 39.8 Å². The molecule has 0 atom stereocenters. The van der Waals surface area contributed by atoms with Crippen molar-refractivity contribution in [2.45, 2.75) is 52.4 Å². The van der Waals surface area contributed by atoms with Gasteiger partial charge >= 0.3 is 5.97 Å². The second-order valence-corrected chi connectivity index (χ2v) is 10.4. The molecule has 0 aliphatic carbocycles. The van der Waals surface area contributed by atoms with Crippen LogP contribution in [-0.2, 0) is 26.2 Å². The molecule has 6 nitrogen and oxygen atoms in total. The van der Waals surface area contributed by atoms with E-state index in [0.29, 0.717) is 49.1 Å². The number of carboxylic acid groups (broad SMARTS) is 1. The largest absolute Gasteiger partial charge is 0.481 e. The molecule has 1 aliphatic heterocycles. The van der Waals surface area contributed by atoms with Crippen LogP contribution in [0.15, 0.2) is 36.4 Å². The monoisotopic (exact) mass is 502 g/mol. The van der Waals surface area contributed by atoms with Gasteiger partial charge in [0.1, 0.15) is 11.6 Å². The van der Waals surface area contributed by atoms with Gasteiger partial charge in [-0.15, -0.1) is 0 Å². The maximum Gasteiger partial charge on any atom is 0.314 e. The number of ether oxygens (including phenoxy) is 1. The highest BCUT2D eigenvalue weighted by Crippen LogP contribution is 2.39. The van der Waals surface area contributed by atoms with Gasteiger partial charge in [0.2, 0.25) is 5.91 Å². The molecule has 2 aromatic carbocycles. The Morgan fingerprint density at radius 3 is 2.22 bits per heavy atom. The number of aliphatic carboxylic acids is 1. The van der Waals surface area contributed by atoms with E-state index in [1.165, 1.54) is 6.07 Å². The first kappa shape index (κ1) is 27.6. The summed E-state index contributed by atoms with van der Waals surface area (Å²) in [5, 5.41) is 13.1. The number of halogens is 2. The summed E-state index contributed by atoms with van der Waals surface area (Å²) in [5.41, 5.74) is 0.828. The van der Waals surface area contributed by atoms with E-state index in [4.69, 9.17) is 4.74 Å². The van der Waals surface area contributed by atoms with Crippen molar-refractivity contribution in [3.05, 3.63) is 59.2 Å². The van der Waals surface area contributed by atoms with Crippen molar-refractivity contribution < 1.29 is 28.2 Å². The van der Waals surface area contributed by atoms with Crippen molar-refractivity contribution >= 4 is 23.3 Å². The molecule has 196 valence electrons. The Bertz CT molecular complexity index is 1070. The molecule has 1 fully saturated rings. The van der Waals surface area contributed by atoms with E-state index in [2.05, 4.69) is 37.9 Å². The van der Waals surface area contributed by atoms with E-state index in [1.807, 2.05) is 12.1 Å². The molecule has 0 unspecified atom stereocenters. The zero-order valence-electron chi connectivity index (χ0n) is 21.4. The molecular weight excluding hydrogens is 466 g/mol. The average Bonchev–Trinajstić information content (AvgIpc) is 2.80. The number of carbonyl (C=O) groups excluding carboxylic acids is 1. The number of amides is 1. The second kappa shape index (κ2) is 11.8. The molecule has 1 saturated heterocycles. The van der Waals surface area contributed by atoms with Crippen molar-refractivity contribution in [3.63, 3.8) is 0 Å². The number of carboxylic acids is 1. The lowest BCUT2D eigenvalue weighted by Crippen LogP contribution is -2.41. The number of rotatable bonds is 10. The standard InChI is InChI=1S/C28H36F2N2O4/c1-18(2)16-32(17-19(3)4)25-8-6-21(28(27(34)35)9-11-36-12-10-28)14-24(25)31-26(33)13-20-5-7-22(29)15-23(20)30/h5-8,14-15,18-19H,9-13,16-17H2,1-4H3,(H,31,33)(H,34,35). The Balaban J connectivity index is 2.02. The molecule has 3 rings (SSSR count). The van der Waals surface area contributed by atoms with Crippen LogP contribution in [0, 0.1) is 23.5 Å². The van der Waals surface area contributed by atoms with Crippen molar-refractivity contribution in [3.8, 4) is 0 Å². The van der Waals surface area contributed by atoms with Crippen molar-refractivity contribution in [1.82, 2.24) is 0 Å². The Kier molecular flexibility index (Phi) is 9.06. The van der Waals surface area contributed by atoms with Gasteiger partial charge in [-0.25, -0.2) is 8.78 Å². The highest BCUT2D eigenvalue weighted by Gasteiger charge is 2.42. The number of hydrogen-bond donors (Lipinski definition) is 2. The highest BCUT2D eigenvalue weighted by molar-refractivity contribution is 5.96. The number of hydrogen-bond acceptors (Lipinski definition) is 4. The van der Waals surface area contributed by atoms with Crippen molar-refractivity contribution in [2.75, 3.05) is 36.5 Å². The lowest BCUT2D eigenvalue weighted by Gasteiger charge is -2.35. The minimum atomic E-state index is -1.11. The van der Waals surface area contributed by atoms with Crippen LogP contribution in [0.2, 0.25) is 0 Å². The van der Waals surface area contributed by atoms with Crippen molar-refractivity contribution in [2.24, 2.45) is 11.8 Å². The molecule has 0 radical (unpaired) electrons. The van der Waals surface area contributed by atoms with E-state index in [-0.39, 0.29) is 12.0 Å². The highest BCUT2D eigenvalue weighted by atomic mass is 19.1. The van der Waals surface area contributed by atoms with Crippen LogP contribution in [-0.4, -0.2) is 43.3 Å². The van der Waals surface area contributed by atoms with Gasteiger partial charge in [0.15, 0.2) is 0 Å². The van der Waals surface area contributed by atoms with Crippen LogP contribution < -0.4 is 10.2 Å². The summed E-state index contributed by atoms with van der Waals surface area (Å²) >= 11 is 0. The molecule has 2 aromatic rings. The topological polar surface area (TPSA) is 78.9 Å². The summed E-state index contributed by atoms with van der Waals surface area (Å²) in [4.78, 5) is 27.6. The second-order valence-electron chi connectivity index (χ2n) is 10.4. The van der Waals surface area contributed by atoms with Crippen LogP contribution in [0.25, 0.3) is 0 Å². The molecule has 0 spiro atoms. The predicted molar refractivity (Wildman–Crippen MR) is 136 cm³/mol. The van der Waals surface area contributed by atoms with Gasteiger partial charge < -0.3 is 20.1 Å². The Morgan fingerprint density at radius 1 is 1.03 bits per heavy atom. The molecule has 36 heavy (non-hydrogen) atoms. The van der Waals surface area contributed by atoms with Crippen LogP contribution in [0.4, 0.5) is 20.2 Å². The number of benzene rings is 2. The fourth-order valence-corrected chi connectivity index (χ4v) is 4.74. The molecule has 0 bridgehead atoms. The van der Waals surface area contributed by atoms with Crippen LogP contribution in [0.5, 0.6) is 0 Å². The molecule has 1 aliphatic rings. The first-order valence-electron chi connectivity index (χ1n) is 12.5. The van der Waals surface area contributed by atoms with Gasteiger partial charge in [-0.2, -0.15) is 0 Å². The fourth-order valence-electron chi connectivity index (χ4n) is 4.74. The van der Waals surface area contributed by atoms with E-state index in [0.717, 1.165) is 30.9 Å². The molecule has 0 saturated carbocycles. The smallest absolute Gasteiger partial charge is 0.314 e. The zero-order valence-corrected chi connectivity index (χ0v) is 21.4. The maximum absolute atomic E-state index is 14.2. The molecule has 1 heterocycles. The molecule has 2 N–H and O–H groups in total. The number of nitrogens with zero attached hydrogens (tertiary/aromatic N) is 1. The molecule has 8 heteroatoms. The van der Waals surface area contributed by atoms with E-state index >= 15 is 0 Å². The number of anilines is 2. The molecule has 0 aromatic heterocycles. The number of carbonyl (C=O) groups is 2. The summed E-state index contributed by atoms with van der Waals surface area (Å²) in [6, 6.07) is 8.57. The first-order valence-corrected chi connectivity index (χ1v) is 12.5. The molecule has 1 amide bonds. The third-order valence-electron chi connectivity index (χ3n) is 6.46. The van der Waals surface area contributed by atoms with Crippen LogP contribution in [0.3, 0.4) is 0 Å². The third-order valence-corrected chi connectivity index (χ3v) is 6.46. The minimum absolute atomic E-state index is 0.0826. The van der Waals surface area contributed by atoms with E-state index in [9.17, 15) is 23.5 Å². The zero-order chi connectivity index (χ0) is 26.5. The van der Waals surface area contributed by atoms with Crippen LogP contribution in [0.1, 0.15) is 51.7 Å². The third kappa shape index (κ3) is 6.60. The Hall–Kier alpha value is -3.00. The van der Waals surface area contributed by atoms with Crippen LogP contribution >= 0.6 is 0 Å². The lowest BCUT2D eigenvalue weighted by atomic mass is 9.74. The summed E-state index contributed by atoms with van der Waals surface area (Å²) in [5.74, 6) is -2.19.